The van der Waals surface area contributed by atoms with E-state index < -0.39 is 17.4 Å². The van der Waals surface area contributed by atoms with Crippen LogP contribution in [0.25, 0.3) is 0 Å². The summed E-state index contributed by atoms with van der Waals surface area (Å²) in [6, 6.07) is -0.413. The summed E-state index contributed by atoms with van der Waals surface area (Å²) in [6.07, 6.45) is 4.77. The van der Waals surface area contributed by atoms with Crippen molar-refractivity contribution in [2.45, 2.75) is 51.5 Å². The first kappa shape index (κ1) is 17.6. The Kier molecular flexibility index (Phi) is 5.08. The minimum Gasteiger partial charge on any atom is -0.481 e. The molecule has 3 atom stereocenters. The Labute approximate surface area is 146 Å². The topological polar surface area (TPSA) is 77.9 Å². The van der Waals surface area contributed by atoms with Crippen LogP contribution in [0, 0.1) is 11.3 Å². The molecule has 6 nitrogen and oxygen atoms in total. The van der Waals surface area contributed by atoms with Gasteiger partial charge in [0.2, 0.25) is 11.8 Å². The van der Waals surface area contributed by atoms with E-state index in [9.17, 15) is 19.5 Å². The van der Waals surface area contributed by atoms with Gasteiger partial charge in [0.05, 0.1) is 11.3 Å². The number of amides is 2. The number of carboxylic acids is 1. The number of hydrogen-bond donors (Lipinski definition) is 1. The Morgan fingerprint density at radius 3 is 2.79 bits per heavy atom. The molecule has 1 unspecified atom stereocenters. The zero-order chi connectivity index (χ0) is 17.3. The molecule has 134 valence electrons. The number of carboxylic acid groups (broad SMARTS) is 1. The molecule has 2 heterocycles. The van der Waals surface area contributed by atoms with Gasteiger partial charge in [0, 0.05) is 25.3 Å². The molecule has 0 aromatic heterocycles. The Morgan fingerprint density at radius 1 is 1.33 bits per heavy atom. The highest BCUT2D eigenvalue weighted by Gasteiger charge is 2.56. The summed E-state index contributed by atoms with van der Waals surface area (Å²) in [5, 5.41) is 9.67. The number of thioether (sulfide) groups is 1. The molecule has 3 aliphatic rings. The second kappa shape index (κ2) is 6.94. The van der Waals surface area contributed by atoms with Crippen molar-refractivity contribution in [1.29, 1.82) is 0 Å². The van der Waals surface area contributed by atoms with E-state index in [1.807, 2.05) is 6.92 Å². The van der Waals surface area contributed by atoms with Gasteiger partial charge in [0.25, 0.3) is 0 Å². The van der Waals surface area contributed by atoms with Crippen molar-refractivity contribution < 1.29 is 19.5 Å². The van der Waals surface area contributed by atoms with Gasteiger partial charge in [-0.2, -0.15) is 0 Å². The summed E-state index contributed by atoms with van der Waals surface area (Å²) in [5.41, 5.74) is -0.752. The van der Waals surface area contributed by atoms with Gasteiger partial charge in [-0.1, -0.05) is 19.8 Å². The number of rotatable bonds is 5. The number of carbonyl (C=O) groups excluding carboxylic acids is 2. The minimum atomic E-state index is -0.767. The molecule has 0 spiro atoms. The lowest BCUT2D eigenvalue weighted by molar-refractivity contribution is -0.150. The molecule has 24 heavy (non-hydrogen) atoms. The van der Waals surface area contributed by atoms with Gasteiger partial charge in [0.15, 0.2) is 0 Å². The van der Waals surface area contributed by atoms with E-state index in [4.69, 9.17) is 0 Å². The van der Waals surface area contributed by atoms with Gasteiger partial charge in [0.1, 0.15) is 6.04 Å². The van der Waals surface area contributed by atoms with Crippen molar-refractivity contribution in [2.75, 3.05) is 24.7 Å². The molecular weight excluding hydrogens is 328 g/mol. The van der Waals surface area contributed by atoms with Crippen molar-refractivity contribution in [3.05, 3.63) is 0 Å². The fourth-order valence-electron chi connectivity index (χ4n) is 4.38. The van der Waals surface area contributed by atoms with Crippen LogP contribution in [0.2, 0.25) is 0 Å². The van der Waals surface area contributed by atoms with Gasteiger partial charge in [-0.15, -0.1) is 11.8 Å². The summed E-state index contributed by atoms with van der Waals surface area (Å²) >= 11 is 1.61. The number of fused-ring (bicyclic) bond motifs is 1. The molecule has 2 aliphatic heterocycles. The Balaban J connectivity index is 1.68. The molecule has 0 radical (unpaired) electrons. The Hall–Kier alpha value is -1.24. The molecular formula is C17H26N2O4S. The predicted molar refractivity (Wildman–Crippen MR) is 91.5 cm³/mol. The summed E-state index contributed by atoms with van der Waals surface area (Å²) in [7, 11) is 0. The zero-order valence-corrected chi connectivity index (χ0v) is 15.0. The number of nitrogens with zero attached hydrogens (tertiary/aromatic N) is 2. The van der Waals surface area contributed by atoms with Crippen LogP contribution in [-0.4, -0.2) is 63.5 Å². The van der Waals surface area contributed by atoms with Crippen molar-refractivity contribution in [3.8, 4) is 0 Å². The lowest BCUT2D eigenvalue weighted by Crippen LogP contribution is -2.49. The molecule has 2 amide bonds. The largest absolute Gasteiger partial charge is 0.481 e. The molecule has 0 aromatic carbocycles. The average molecular weight is 354 g/mol. The number of hydrogen-bond acceptors (Lipinski definition) is 4. The molecule has 2 saturated heterocycles. The maximum Gasteiger partial charge on any atom is 0.311 e. The quantitative estimate of drug-likeness (QED) is 0.814. The number of unbranched alkanes of at least 4 members (excludes halogenated alkanes) is 1. The Morgan fingerprint density at radius 2 is 2.12 bits per heavy atom. The van der Waals surface area contributed by atoms with Crippen LogP contribution >= 0.6 is 11.8 Å². The zero-order valence-electron chi connectivity index (χ0n) is 14.2. The predicted octanol–water partition coefficient (Wildman–Crippen LogP) is 1.79. The lowest BCUT2D eigenvalue weighted by Gasteiger charge is -2.28. The van der Waals surface area contributed by atoms with Crippen molar-refractivity contribution in [3.63, 3.8) is 0 Å². The van der Waals surface area contributed by atoms with Crippen LogP contribution in [0.15, 0.2) is 0 Å². The first-order valence-corrected chi connectivity index (χ1v) is 10.0. The fourth-order valence-corrected chi connectivity index (χ4v) is 5.55. The summed E-state index contributed by atoms with van der Waals surface area (Å²) < 4.78 is 0. The summed E-state index contributed by atoms with van der Waals surface area (Å²) in [4.78, 5) is 40.5. The fraction of sp³-hybridized carbons (Fsp3) is 0.824. The van der Waals surface area contributed by atoms with Crippen LogP contribution in [0.1, 0.15) is 45.4 Å². The van der Waals surface area contributed by atoms with E-state index in [-0.39, 0.29) is 17.7 Å². The SMILES string of the molecule is CCCCC(=O)N1CSCC1C(=O)N1C[C@@H]2CCC[C@@]2(C(=O)O)C1. The monoisotopic (exact) mass is 354 g/mol. The molecule has 1 aliphatic carbocycles. The van der Waals surface area contributed by atoms with Crippen LogP contribution in [0.4, 0.5) is 0 Å². The molecule has 1 N–H and O–H groups in total. The summed E-state index contributed by atoms with van der Waals surface area (Å²) in [6.45, 7) is 2.89. The van der Waals surface area contributed by atoms with E-state index in [0.29, 0.717) is 37.6 Å². The van der Waals surface area contributed by atoms with E-state index in [0.717, 1.165) is 25.7 Å². The van der Waals surface area contributed by atoms with Crippen molar-refractivity contribution >= 4 is 29.5 Å². The van der Waals surface area contributed by atoms with E-state index >= 15 is 0 Å². The van der Waals surface area contributed by atoms with Crippen LogP contribution in [-0.2, 0) is 14.4 Å². The molecule has 3 fully saturated rings. The number of carbonyl (C=O) groups is 3. The maximum absolute atomic E-state index is 13.0. The average Bonchev–Trinajstić information content (AvgIpc) is 3.24. The van der Waals surface area contributed by atoms with Gasteiger partial charge in [-0.05, 0) is 25.2 Å². The second-order valence-electron chi connectivity index (χ2n) is 7.25. The minimum absolute atomic E-state index is 0.0486. The van der Waals surface area contributed by atoms with Crippen molar-refractivity contribution in [2.24, 2.45) is 11.3 Å². The highest BCUT2D eigenvalue weighted by molar-refractivity contribution is 7.99. The first-order valence-electron chi connectivity index (χ1n) is 8.89. The van der Waals surface area contributed by atoms with Crippen molar-refractivity contribution in [1.82, 2.24) is 9.80 Å². The normalized spacial score (nSPS) is 32.2. The molecule has 3 rings (SSSR count). The van der Waals surface area contributed by atoms with Crippen LogP contribution < -0.4 is 0 Å². The third-order valence-corrected chi connectivity index (χ3v) is 6.85. The third kappa shape index (κ3) is 2.91. The molecule has 1 saturated carbocycles. The standard InChI is InChI=1S/C17H26N2O4S/c1-2-3-6-14(20)19-11-24-9-13(19)15(21)18-8-12-5-4-7-17(12,10-18)16(22)23/h12-13H,2-11H2,1H3,(H,22,23)/t12-,13?,17+/m0/s1. The van der Waals surface area contributed by atoms with Crippen LogP contribution in [0.3, 0.4) is 0 Å². The van der Waals surface area contributed by atoms with Gasteiger partial charge >= 0.3 is 5.97 Å². The van der Waals surface area contributed by atoms with E-state index in [1.165, 1.54) is 0 Å². The highest BCUT2D eigenvalue weighted by atomic mass is 32.2. The number of aliphatic carboxylic acids is 1. The molecule has 0 aromatic rings. The van der Waals surface area contributed by atoms with Gasteiger partial charge < -0.3 is 14.9 Å². The smallest absolute Gasteiger partial charge is 0.311 e. The number of likely N-dealkylation sites (tertiary alicyclic amines) is 1. The summed E-state index contributed by atoms with van der Waals surface area (Å²) in [5.74, 6) is 0.486. The van der Waals surface area contributed by atoms with E-state index in [2.05, 4.69) is 0 Å². The second-order valence-corrected chi connectivity index (χ2v) is 8.25. The highest BCUT2D eigenvalue weighted by Crippen LogP contribution is 2.49. The van der Waals surface area contributed by atoms with Crippen LogP contribution in [0.5, 0.6) is 0 Å². The molecule has 0 bridgehead atoms. The molecule has 7 heteroatoms. The Bertz CT molecular complexity index is 541. The lowest BCUT2D eigenvalue weighted by atomic mass is 9.81. The maximum atomic E-state index is 13.0. The van der Waals surface area contributed by atoms with Gasteiger partial charge in [-0.3, -0.25) is 14.4 Å². The first-order chi connectivity index (χ1) is 11.5. The third-order valence-electron chi connectivity index (χ3n) is 5.84. The van der Waals surface area contributed by atoms with E-state index in [1.54, 1.807) is 21.6 Å². The van der Waals surface area contributed by atoms with Gasteiger partial charge in [-0.25, -0.2) is 0 Å².